The SMILES string of the molecule is CCC(CC)C(O)CNS(=O)(=O)c1cc(C)ccc1C. The topological polar surface area (TPSA) is 66.4 Å². The molecule has 0 spiro atoms. The van der Waals surface area contributed by atoms with Crippen LogP contribution >= 0.6 is 0 Å². The lowest BCUT2D eigenvalue weighted by Gasteiger charge is -2.20. The third-order valence-electron chi connectivity index (χ3n) is 3.71. The van der Waals surface area contributed by atoms with Crippen molar-refractivity contribution in [2.75, 3.05) is 6.54 Å². The van der Waals surface area contributed by atoms with Crippen molar-refractivity contribution >= 4 is 10.0 Å². The van der Waals surface area contributed by atoms with Crippen molar-refractivity contribution in [3.05, 3.63) is 29.3 Å². The van der Waals surface area contributed by atoms with Gasteiger partial charge in [0, 0.05) is 6.54 Å². The van der Waals surface area contributed by atoms with E-state index in [0.29, 0.717) is 5.56 Å². The van der Waals surface area contributed by atoms with Crippen LogP contribution in [0.4, 0.5) is 0 Å². The molecule has 1 atom stereocenters. The molecule has 0 aromatic heterocycles. The maximum Gasteiger partial charge on any atom is 0.240 e. The highest BCUT2D eigenvalue weighted by Gasteiger charge is 2.21. The number of rotatable bonds is 7. The fourth-order valence-corrected chi connectivity index (χ4v) is 3.65. The maximum absolute atomic E-state index is 12.3. The van der Waals surface area contributed by atoms with Gasteiger partial charge in [-0.3, -0.25) is 0 Å². The summed E-state index contributed by atoms with van der Waals surface area (Å²) in [5.74, 6) is 0.122. The van der Waals surface area contributed by atoms with E-state index in [0.717, 1.165) is 18.4 Å². The Kier molecular flexibility index (Phi) is 6.17. The molecule has 1 unspecified atom stereocenters. The lowest BCUT2D eigenvalue weighted by Crippen LogP contribution is -2.36. The van der Waals surface area contributed by atoms with Crippen LogP contribution in [0.2, 0.25) is 0 Å². The number of aliphatic hydroxyl groups is 1. The summed E-state index contributed by atoms with van der Waals surface area (Å²) < 4.78 is 27.1. The zero-order chi connectivity index (χ0) is 15.3. The summed E-state index contributed by atoms with van der Waals surface area (Å²) in [5, 5.41) is 10.0. The molecule has 2 N–H and O–H groups in total. The van der Waals surface area contributed by atoms with E-state index in [2.05, 4.69) is 4.72 Å². The molecule has 0 heterocycles. The van der Waals surface area contributed by atoms with Gasteiger partial charge in [0.25, 0.3) is 0 Å². The highest BCUT2D eigenvalue weighted by atomic mass is 32.2. The van der Waals surface area contributed by atoms with Crippen LogP contribution in [0.5, 0.6) is 0 Å². The zero-order valence-corrected chi connectivity index (χ0v) is 13.5. The summed E-state index contributed by atoms with van der Waals surface area (Å²) >= 11 is 0. The fraction of sp³-hybridized carbons (Fsp3) is 0.600. The van der Waals surface area contributed by atoms with Gasteiger partial charge in [-0.15, -0.1) is 0 Å². The lowest BCUT2D eigenvalue weighted by atomic mass is 9.97. The molecule has 0 aliphatic carbocycles. The minimum atomic E-state index is -3.57. The second kappa shape index (κ2) is 7.20. The van der Waals surface area contributed by atoms with Gasteiger partial charge in [-0.25, -0.2) is 13.1 Å². The van der Waals surface area contributed by atoms with E-state index in [1.54, 1.807) is 19.1 Å². The van der Waals surface area contributed by atoms with Crippen LogP contribution in [0.25, 0.3) is 0 Å². The van der Waals surface area contributed by atoms with Crippen molar-refractivity contribution in [3.8, 4) is 0 Å². The van der Waals surface area contributed by atoms with E-state index in [4.69, 9.17) is 0 Å². The number of hydrogen-bond donors (Lipinski definition) is 2. The molecule has 0 aliphatic heterocycles. The second-order valence-corrected chi connectivity index (χ2v) is 7.00. The largest absolute Gasteiger partial charge is 0.391 e. The number of sulfonamides is 1. The molecule has 5 heteroatoms. The molecule has 1 rings (SSSR count). The highest BCUT2D eigenvalue weighted by molar-refractivity contribution is 7.89. The Morgan fingerprint density at radius 2 is 1.80 bits per heavy atom. The van der Waals surface area contributed by atoms with Gasteiger partial charge in [0.2, 0.25) is 10.0 Å². The average Bonchev–Trinajstić information content (AvgIpc) is 2.40. The molecule has 0 saturated heterocycles. The van der Waals surface area contributed by atoms with Crippen LogP contribution in [0, 0.1) is 19.8 Å². The van der Waals surface area contributed by atoms with Crippen LogP contribution < -0.4 is 4.72 Å². The van der Waals surface area contributed by atoms with E-state index in [1.165, 1.54) is 0 Å². The molecule has 0 bridgehead atoms. The number of aliphatic hydroxyl groups excluding tert-OH is 1. The minimum Gasteiger partial charge on any atom is -0.391 e. The first kappa shape index (κ1) is 17.1. The lowest BCUT2D eigenvalue weighted by molar-refractivity contribution is 0.107. The maximum atomic E-state index is 12.3. The van der Waals surface area contributed by atoms with Crippen LogP contribution in [-0.2, 0) is 10.0 Å². The Hall–Kier alpha value is -0.910. The molecule has 4 nitrogen and oxygen atoms in total. The molecule has 0 saturated carbocycles. The number of nitrogens with one attached hydrogen (secondary N) is 1. The van der Waals surface area contributed by atoms with Gasteiger partial charge in [-0.2, -0.15) is 0 Å². The minimum absolute atomic E-state index is 0.0576. The van der Waals surface area contributed by atoms with E-state index >= 15 is 0 Å². The first-order chi connectivity index (χ1) is 9.31. The van der Waals surface area contributed by atoms with Gasteiger partial charge >= 0.3 is 0 Å². The Morgan fingerprint density at radius 1 is 1.20 bits per heavy atom. The van der Waals surface area contributed by atoms with Crippen molar-refractivity contribution in [2.24, 2.45) is 5.92 Å². The van der Waals surface area contributed by atoms with Crippen molar-refractivity contribution in [1.82, 2.24) is 4.72 Å². The number of benzene rings is 1. The molecule has 0 radical (unpaired) electrons. The first-order valence-corrected chi connectivity index (χ1v) is 8.55. The van der Waals surface area contributed by atoms with E-state index in [-0.39, 0.29) is 17.4 Å². The summed E-state index contributed by atoms with van der Waals surface area (Å²) in [6.45, 7) is 7.68. The first-order valence-electron chi connectivity index (χ1n) is 7.06. The summed E-state index contributed by atoms with van der Waals surface area (Å²) in [6.07, 6.45) is 1.02. The van der Waals surface area contributed by atoms with Crippen LogP contribution in [0.3, 0.4) is 0 Å². The summed E-state index contributed by atoms with van der Waals surface area (Å²) in [7, 11) is -3.57. The molecule has 0 fully saturated rings. The molecule has 1 aromatic rings. The van der Waals surface area contributed by atoms with Gasteiger partial charge in [0.1, 0.15) is 0 Å². The monoisotopic (exact) mass is 299 g/mol. The summed E-state index contributed by atoms with van der Waals surface area (Å²) in [4.78, 5) is 0.286. The highest BCUT2D eigenvalue weighted by Crippen LogP contribution is 2.17. The summed E-state index contributed by atoms with van der Waals surface area (Å²) in [6, 6.07) is 5.33. The average molecular weight is 299 g/mol. The predicted octanol–water partition coefficient (Wildman–Crippen LogP) is 2.38. The van der Waals surface area contributed by atoms with E-state index in [9.17, 15) is 13.5 Å². The van der Waals surface area contributed by atoms with Crippen molar-refractivity contribution in [2.45, 2.75) is 51.5 Å². The molecular formula is C15H25NO3S. The third-order valence-corrected chi connectivity index (χ3v) is 5.27. The Bertz CT molecular complexity index is 536. The number of aryl methyl sites for hydroxylation is 2. The van der Waals surface area contributed by atoms with Gasteiger partial charge in [-0.1, -0.05) is 38.8 Å². The standard InChI is InChI=1S/C15H25NO3S/c1-5-13(6-2)14(17)10-16-20(18,19)15-9-11(3)7-8-12(15)4/h7-9,13-14,16-17H,5-6,10H2,1-4H3. The normalized spacial score (nSPS) is 13.7. The van der Waals surface area contributed by atoms with Crippen molar-refractivity contribution in [3.63, 3.8) is 0 Å². The zero-order valence-electron chi connectivity index (χ0n) is 12.7. The van der Waals surface area contributed by atoms with Gasteiger partial charge < -0.3 is 5.11 Å². The molecule has 0 aliphatic rings. The molecule has 1 aromatic carbocycles. The van der Waals surface area contributed by atoms with Crippen LogP contribution in [0.15, 0.2) is 23.1 Å². The predicted molar refractivity (Wildman–Crippen MR) is 81.2 cm³/mol. The van der Waals surface area contributed by atoms with Gasteiger partial charge in [-0.05, 0) is 37.0 Å². The smallest absolute Gasteiger partial charge is 0.240 e. The molecule has 20 heavy (non-hydrogen) atoms. The van der Waals surface area contributed by atoms with Gasteiger partial charge in [0.05, 0.1) is 11.0 Å². The van der Waals surface area contributed by atoms with E-state index in [1.807, 2.05) is 26.8 Å². The molecule has 0 amide bonds. The van der Waals surface area contributed by atoms with Crippen molar-refractivity contribution < 1.29 is 13.5 Å². The van der Waals surface area contributed by atoms with Gasteiger partial charge in [0.15, 0.2) is 0 Å². The Labute approximate surface area is 122 Å². The van der Waals surface area contributed by atoms with Crippen molar-refractivity contribution in [1.29, 1.82) is 0 Å². The molecular weight excluding hydrogens is 274 g/mol. The van der Waals surface area contributed by atoms with E-state index < -0.39 is 16.1 Å². The molecule has 114 valence electrons. The summed E-state index contributed by atoms with van der Waals surface area (Å²) in [5.41, 5.74) is 1.61. The Balaban J connectivity index is 2.83. The quantitative estimate of drug-likeness (QED) is 0.812. The fourth-order valence-electron chi connectivity index (χ4n) is 2.27. The Morgan fingerprint density at radius 3 is 2.35 bits per heavy atom. The second-order valence-electron chi connectivity index (χ2n) is 5.26. The van der Waals surface area contributed by atoms with Crippen LogP contribution in [0.1, 0.15) is 37.8 Å². The third kappa shape index (κ3) is 4.30. The van der Waals surface area contributed by atoms with Crippen LogP contribution in [-0.4, -0.2) is 26.2 Å². The number of hydrogen-bond acceptors (Lipinski definition) is 3.